The summed E-state index contributed by atoms with van der Waals surface area (Å²) in [4.78, 5) is 15.9. The summed E-state index contributed by atoms with van der Waals surface area (Å²) in [5.74, 6) is 0.699. The van der Waals surface area contributed by atoms with E-state index in [1.54, 1.807) is 0 Å². The molecule has 0 spiro atoms. The van der Waals surface area contributed by atoms with Gasteiger partial charge in [-0.15, -0.1) is 0 Å². The number of piperazine rings is 1. The lowest BCUT2D eigenvalue weighted by atomic mass is 10.2. The third-order valence-electron chi connectivity index (χ3n) is 3.05. The van der Waals surface area contributed by atoms with Gasteiger partial charge >= 0.3 is 6.09 Å². The van der Waals surface area contributed by atoms with Crippen LogP contribution in [-0.2, 0) is 4.74 Å². The van der Waals surface area contributed by atoms with Crippen molar-refractivity contribution in [1.29, 1.82) is 0 Å². The average Bonchev–Trinajstić information content (AvgIpc) is 3.01. The molecule has 4 heteroatoms. The van der Waals surface area contributed by atoms with Crippen LogP contribution in [0.25, 0.3) is 0 Å². The summed E-state index contributed by atoms with van der Waals surface area (Å²) < 4.78 is 5.29. The Kier molecular flexibility index (Phi) is 3.69. The number of hydrogen-bond acceptors (Lipinski definition) is 3. The highest BCUT2D eigenvalue weighted by Crippen LogP contribution is 2.24. The zero-order valence-electron chi connectivity index (χ0n) is 10.3. The van der Waals surface area contributed by atoms with Crippen LogP contribution in [-0.4, -0.2) is 54.7 Å². The third-order valence-corrected chi connectivity index (χ3v) is 3.05. The van der Waals surface area contributed by atoms with Gasteiger partial charge in [0.2, 0.25) is 0 Å². The van der Waals surface area contributed by atoms with Gasteiger partial charge in [-0.3, -0.25) is 4.90 Å². The van der Waals surface area contributed by atoms with Crippen molar-refractivity contribution in [2.45, 2.75) is 32.8 Å². The minimum Gasteiger partial charge on any atom is -0.446 e. The molecule has 2 rings (SSSR count). The predicted molar refractivity (Wildman–Crippen MR) is 62.4 cm³/mol. The molecule has 0 atom stereocenters. The monoisotopic (exact) mass is 226 g/mol. The SMILES string of the molecule is CC(C)CN1CCN(C(=O)OC2CC2)CC1. The van der Waals surface area contributed by atoms with Crippen LogP contribution in [0.15, 0.2) is 0 Å². The van der Waals surface area contributed by atoms with E-state index in [0.29, 0.717) is 5.92 Å². The first-order valence-corrected chi connectivity index (χ1v) is 6.33. The molecular formula is C12H22N2O2. The van der Waals surface area contributed by atoms with Gasteiger partial charge in [-0.25, -0.2) is 4.79 Å². The molecule has 1 saturated carbocycles. The average molecular weight is 226 g/mol. The van der Waals surface area contributed by atoms with E-state index in [9.17, 15) is 4.79 Å². The topological polar surface area (TPSA) is 32.8 Å². The van der Waals surface area contributed by atoms with Gasteiger partial charge in [0.1, 0.15) is 6.10 Å². The molecule has 0 N–H and O–H groups in total. The zero-order valence-corrected chi connectivity index (χ0v) is 10.3. The lowest BCUT2D eigenvalue weighted by molar-refractivity contribution is 0.0690. The molecule has 0 unspecified atom stereocenters. The molecular weight excluding hydrogens is 204 g/mol. The predicted octanol–water partition coefficient (Wildman–Crippen LogP) is 1.56. The van der Waals surface area contributed by atoms with Crippen LogP contribution in [0.2, 0.25) is 0 Å². The molecule has 1 heterocycles. The molecule has 92 valence electrons. The maximum Gasteiger partial charge on any atom is 0.410 e. The Labute approximate surface area is 97.5 Å². The van der Waals surface area contributed by atoms with Crippen molar-refractivity contribution in [3.05, 3.63) is 0 Å². The summed E-state index contributed by atoms with van der Waals surface area (Å²) >= 11 is 0. The summed E-state index contributed by atoms with van der Waals surface area (Å²) in [6, 6.07) is 0. The van der Waals surface area contributed by atoms with E-state index in [0.717, 1.165) is 45.6 Å². The van der Waals surface area contributed by atoms with Crippen molar-refractivity contribution in [3.8, 4) is 0 Å². The van der Waals surface area contributed by atoms with Crippen molar-refractivity contribution >= 4 is 6.09 Å². The summed E-state index contributed by atoms with van der Waals surface area (Å²) in [7, 11) is 0. The van der Waals surface area contributed by atoms with Crippen LogP contribution in [0.4, 0.5) is 4.79 Å². The van der Waals surface area contributed by atoms with E-state index in [4.69, 9.17) is 4.74 Å². The lowest BCUT2D eigenvalue weighted by Crippen LogP contribution is -2.49. The molecule has 0 radical (unpaired) electrons. The summed E-state index contributed by atoms with van der Waals surface area (Å²) in [5, 5.41) is 0. The van der Waals surface area contributed by atoms with Crippen molar-refractivity contribution in [3.63, 3.8) is 0 Å². The molecule has 0 aromatic heterocycles. The molecule has 2 fully saturated rings. The first-order valence-electron chi connectivity index (χ1n) is 6.33. The van der Waals surface area contributed by atoms with Crippen LogP contribution in [0.5, 0.6) is 0 Å². The molecule has 1 saturated heterocycles. The van der Waals surface area contributed by atoms with E-state index in [1.165, 1.54) is 0 Å². The largest absolute Gasteiger partial charge is 0.446 e. The number of rotatable bonds is 3. The molecule has 4 nitrogen and oxygen atoms in total. The fraction of sp³-hybridized carbons (Fsp3) is 0.917. The highest BCUT2D eigenvalue weighted by Gasteiger charge is 2.29. The second kappa shape index (κ2) is 5.04. The number of carbonyl (C=O) groups is 1. The van der Waals surface area contributed by atoms with Crippen LogP contribution in [0.3, 0.4) is 0 Å². The normalized spacial score (nSPS) is 22.6. The van der Waals surface area contributed by atoms with Gasteiger partial charge in [0.05, 0.1) is 0 Å². The molecule has 0 aromatic rings. The molecule has 0 bridgehead atoms. The third kappa shape index (κ3) is 3.37. The molecule has 1 amide bonds. The van der Waals surface area contributed by atoms with Gasteiger partial charge < -0.3 is 9.64 Å². The summed E-state index contributed by atoms with van der Waals surface area (Å²) in [6.07, 6.45) is 2.23. The Morgan fingerprint density at radius 2 is 1.88 bits per heavy atom. The van der Waals surface area contributed by atoms with E-state index in [-0.39, 0.29) is 12.2 Å². The fourth-order valence-corrected chi connectivity index (χ4v) is 2.03. The Hall–Kier alpha value is -0.770. The number of nitrogens with zero attached hydrogens (tertiary/aromatic N) is 2. The van der Waals surface area contributed by atoms with Gasteiger partial charge in [-0.1, -0.05) is 13.8 Å². The molecule has 0 aromatic carbocycles. The van der Waals surface area contributed by atoms with Gasteiger partial charge in [0.15, 0.2) is 0 Å². The first-order chi connectivity index (χ1) is 7.65. The Morgan fingerprint density at radius 3 is 2.38 bits per heavy atom. The second-order valence-corrected chi connectivity index (χ2v) is 5.26. The summed E-state index contributed by atoms with van der Waals surface area (Å²) in [5.41, 5.74) is 0. The van der Waals surface area contributed by atoms with Crippen molar-refractivity contribution in [1.82, 2.24) is 9.80 Å². The van der Waals surface area contributed by atoms with Crippen LogP contribution >= 0.6 is 0 Å². The van der Waals surface area contributed by atoms with Crippen molar-refractivity contribution < 1.29 is 9.53 Å². The molecule has 16 heavy (non-hydrogen) atoms. The molecule has 1 aliphatic carbocycles. The Bertz CT molecular complexity index is 243. The number of ether oxygens (including phenoxy) is 1. The first kappa shape index (κ1) is 11.7. The fourth-order valence-electron chi connectivity index (χ4n) is 2.03. The summed E-state index contributed by atoms with van der Waals surface area (Å²) in [6.45, 7) is 9.19. The van der Waals surface area contributed by atoms with E-state index < -0.39 is 0 Å². The molecule has 1 aliphatic heterocycles. The Morgan fingerprint density at radius 1 is 1.25 bits per heavy atom. The van der Waals surface area contributed by atoms with Crippen LogP contribution in [0.1, 0.15) is 26.7 Å². The number of hydrogen-bond donors (Lipinski definition) is 0. The maximum atomic E-state index is 11.7. The van der Waals surface area contributed by atoms with Gasteiger partial charge in [0, 0.05) is 32.7 Å². The number of carbonyl (C=O) groups excluding carboxylic acids is 1. The van der Waals surface area contributed by atoms with Crippen molar-refractivity contribution in [2.24, 2.45) is 5.92 Å². The Balaban J connectivity index is 1.69. The quantitative estimate of drug-likeness (QED) is 0.732. The standard InChI is InChI=1S/C12H22N2O2/c1-10(2)9-13-5-7-14(8-6-13)12(15)16-11-3-4-11/h10-11H,3-9H2,1-2H3. The highest BCUT2D eigenvalue weighted by atomic mass is 16.6. The van der Waals surface area contributed by atoms with Gasteiger partial charge in [-0.05, 0) is 18.8 Å². The zero-order chi connectivity index (χ0) is 11.5. The maximum absolute atomic E-state index is 11.7. The smallest absolute Gasteiger partial charge is 0.410 e. The minimum absolute atomic E-state index is 0.105. The van der Waals surface area contributed by atoms with Crippen LogP contribution in [0, 0.1) is 5.92 Å². The van der Waals surface area contributed by atoms with E-state index in [1.807, 2.05) is 4.90 Å². The van der Waals surface area contributed by atoms with Crippen LogP contribution < -0.4 is 0 Å². The van der Waals surface area contributed by atoms with E-state index >= 15 is 0 Å². The van der Waals surface area contributed by atoms with E-state index in [2.05, 4.69) is 18.7 Å². The number of amides is 1. The second-order valence-electron chi connectivity index (χ2n) is 5.26. The van der Waals surface area contributed by atoms with Crippen molar-refractivity contribution in [2.75, 3.05) is 32.7 Å². The lowest BCUT2D eigenvalue weighted by Gasteiger charge is -2.34. The highest BCUT2D eigenvalue weighted by molar-refractivity contribution is 5.68. The molecule has 2 aliphatic rings. The van der Waals surface area contributed by atoms with Gasteiger partial charge in [0.25, 0.3) is 0 Å². The minimum atomic E-state index is -0.105. The van der Waals surface area contributed by atoms with Gasteiger partial charge in [-0.2, -0.15) is 0 Å².